The molecule has 2 amide bonds. The lowest BCUT2D eigenvalue weighted by atomic mass is 9.96. The van der Waals surface area contributed by atoms with E-state index < -0.39 is 6.04 Å². The Morgan fingerprint density at radius 3 is 2.31 bits per heavy atom. The molecule has 5 heteroatoms. The Bertz CT molecular complexity index is 1170. The molecule has 2 heterocycles. The summed E-state index contributed by atoms with van der Waals surface area (Å²) in [4.78, 5) is 30.9. The Kier molecular flexibility index (Phi) is 6.96. The van der Waals surface area contributed by atoms with Gasteiger partial charge in [0.1, 0.15) is 6.04 Å². The smallest absolute Gasteiger partial charge is 0.259 e. The van der Waals surface area contributed by atoms with Gasteiger partial charge in [-0.15, -0.1) is 0 Å². The fourth-order valence-electron chi connectivity index (χ4n) is 5.23. The molecule has 0 radical (unpaired) electrons. The van der Waals surface area contributed by atoms with Crippen LogP contribution in [0.25, 0.3) is 0 Å². The number of hydrogen-bond donors (Lipinski definition) is 1. The van der Waals surface area contributed by atoms with E-state index in [0.29, 0.717) is 24.4 Å². The van der Waals surface area contributed by atoms with Crippen LogP contribution in [0.3, 0.4) is 0 Å². The number of nitrogens with one attached hydrogen (secondary N) is 1. The van der Waals surface area contributed by atoms with Crippen LogP contribution < -0.4 is 10.2 Å². The second-order valence-electron chi connectivity index (χ2n) is 9.84. The number of benzene rings is 3. The molecule has 0 spiro atoms. The number of hydrogen-bond acceptors (Lipinski definition) is 3. The minimum absolute atomic E-state index is 0.0624. The number of likely N-dealkylation sites (tertiary alicyclic amines) is 1. The van der Waals surface area contributed by atoms with Gasteiger partial charge in [-0.25, -0.2) is 0 Å². The molecule has 0 bridgehead atoms. The van der Waals surface area contributed by atoms with Gasteiger partial charge in [-0.05, 0) is 68.1 Å². The first kappa shape index (κ1) is 23.3. The van der Waals surface area contributed by atoms with Crippen LogP contribution in [0.2, 0.25) is 0 Å². The quantitative estimate of drug-likeness (QED) is 0.577. The second kappa shape index (κ2) is 10.4. The SMILES string of the molecule is Cc1ccc(CN2CCC(CNC(=O)C3Cc4ccccc4N3C(=O)c3ccccc3)CC2)cc1. The van der Waals surface area contributed by atoms with Crippen molar-refractivity contribution in [2.75, 3.05) is 24.5 Å². The van der Waals surface area contributed by atoms with E-state index in [4.69, 9.17) is 0 Å². The molecule has 1 N–H and O–H groups in total. The summed E-state index contributed by atoms with van der Waals surface area (Å²) in [6, 6.07) is 25.3. The first-order chi connectivity index (χ1) is 17.1. The van der Waals surface area contributed by atoms with Crippen LogP contribution in [0.1, 0.15) is 39.9 Å². The third-order valence-electron chi connectivity index (χ3n) is 7.32. The zero-order chi connectivity index (χ0) is 24.2. The lowest BCUT2D eigenvalue weighted by Gasteiger charge is -2.32. The topological polar surface area (TPSA) is 52.7 Å². The molecule has 35 heavy (non-hydrogen) atoms. The first-order valence-electron chi connectivity index (χ1n) is 12.6. The van der Waals surface area contributed by atoms with Crippen LogP contribution in [-0.2, 0) is 17.8 Å². The van der Waals surface area contributed by atoms with Crippen LogP contribution in [0, 0.1) is 12.8 Å². The van der Waals surface area contributed by atoms with Crippen molar-refractivity contribution in [2.45, 2.75) is 38.8 Å². The van der Waals surface area contributed by atoms with Gasteiger partial charge in [0, 0.05) is 30.8 Å². The molecule has 0 saturated carbocycles. The van der Waals surface area contributed by atoms with Crippen LogP contribution >= 0.6 is 0 Å². The largest absolute Gasteiger partial charge is 0.354 e. The van der Waals surface area contributed by atoms with Gasteiger partial charge in [0.15, 0.2) is 0 Å². The number of amides is 2. The average Bonchev–Trinajstić information content (AvgIpc) is 3.29. The van der Waals surface area contributed by atoms with Crippen molar-refractivity contribution in [1.82, 2.24) is 10.2 Å². The first-order valence-corrected chi connectivity index (χ1v) is 12.6. The lowest BCUT2D eigenvalue weighted by molar-refractivity contribution is -0.122. The minimum Gasteiger partial charge on any atom is -0.354 e. The molecule has 5 nitrogen and oxygen atoms in total. The number of carbonyl (C=O) groups excluding carboxylic acids is 2. The Morgan fingerprint density at radius 1 is 0.886 bits per heavy atom. The third-order valence-corrected chi connectivity index (χ3v) is 7.32. The van der Waals surface area contributed by atoms with E-state index in [1.165, 1.54) is 11.1 Å². The van der Waals surface area contributed by atoms with Gasteiger partial charge >= 0.3 is 0 Å². The van der Waals surface area contributed by atoms with Gasteiger partial charge in [-0.1, -0.05) is 66.2 Å². The second-order valence-corrected chi connectivity index (χ2v) is 9.84. The molecular weight excluding hydrogens is 434 g/mol. The van der Waals surface area contributed by atoms with Gasteiger partial charge < -0.3 is 5.32 Å². The van der Waals surface area contributed by atoms with E-state index in [2.05, 4.69) is 41.4 Å². The number of fused-ring (bicyclic) bond motifs is 1. The van der Waals surface area contributed by atoms with Gasteiger partial charge in [-0.2, -0.15) is 0 Å². The molecule has 2 aliphatic heterocycles. The summed E-state index contributed by atoms with van der Waals surface area (Å²) in [6.07, 6.45) is 2.70. The molecular formula is C30H33N3O2. The molecule has 1 unspecified atom stereocenters. The molecule has 180 valence electrons. The van der Waals surface area contributed by atoms with Crippen molar-refractivity contribution < 1.29 is 9.59 Å². The molecule has 1 fully saturated rings. The number of rotatable bonds is 6. The van der Waals surface area contributed by atoms with E-state index >= 15 is 0 Å². The minimum atomic E-state index is -0.512. The van der Waals surface area contributed by atoms with Gasteiger partial charge in [0.25, 0.3) is 5.91 Å². The van der Waals surface area contributed by atoms with Crippen LogP contribution in [0.5, 0.6) is 0 Å². The van der Waals surface area contributed by atoms with Crippen molar-refractivity contribution in [3.8, 4) is 0 Å². The zero-order valence-electron chi connectivity index (χ0n) is 20.3. The predicted octanol–water partition coefficient (Wildman–Crippen LogP) is 4.59. The molecule has 2 aliphatic rings. The molecule has 3 aromatic rings. The maximum atomic E-state index is 13.4. The van der Waals surface area contributed by atoms with Crippen molar-refractivity contribution in [3.63, 3.8) is 0 Å². The Balaban J connectivity index is 1.18. The monoisotopic (exact) mass is 467 g/mol. The molecule has 1 saturated heterocycles. The summed E-state index contributed by atoms with van der Waals surface area (Å²) in [5, 5.41) is 3.18. The summed E-state index contributed by atoms with van der Waals surface area (Å²) in [5.74, 6) is 0.281. The Morgan fingerprint density at radius 2 is 1.57 bits per heavy atom. The van der Waals surface area contributed by atoms with E-state index in [0.717, 1.165) is 43.7 Å². The molecule has 1 atom stereocenters. The van der Waals surface area contributed by atoms with Crippen LogP contribution in [-0.4, -0.2) is 42.4 Å². The third kappa shape index (κ3) is 5.30. The number of piperidine rings is 1. The Hall–Kier alpha value is -3.44. The fraction of sp³-hybridized carbons (Fsp3) is 0.333. The number of carbonyl (C=O) groups is 2. The number of anilines is 1. The van der Waals surface area contributed by atoms with Gasteiger partial charge in [0.05, 0.1) is 0 Å². The van der Waals surface area contributed by atoms with Gasteiger partial charge in [-0.3, -0.25) is 19.4 Å². The van der Waals surface area contributed by atoms with Crippen LogP contribution in [0.15, 0.2) is 78.9 Å². The zero-order valence-corrected chi connectivity index (χ0v) is 20.3. The van der Waals surface area contributed by atoms with E-state index in [-0.39, 0.29) is 11.8 Å². The molecule has 0 aromatic heterocycles. The van der Waals surface area contributed by atoms with E-state index in [1.54, 1.807) is 4.90 Å². The van der Waals surface area contributed by atoms with Crippen LogP contribution in [0.4, 0.5) is 5.69 Å². The molecule has 5 rings (SSSR count). The summed E-state index contributed by atoms with van der Waals surface area (Å²) in [6.45, 7) is 5.85. The van der Waals surface area contributed by atoms with Gasteiger partial charge in [0.2, 0.25) is 5.91 Å². The average molecular weight is 468 g/mol. The predicted molar refractivity (Wildman–Crippen MR) is 139 cm³/mol. The van der Waals surface area contributed by atoms with Crippen molar-refractivity contribution in [1.29, 1.82) is 0 Å². The number of para-hydroxylation sites is 1. The highest BCUT2D eigenvalue weighted by Gasteiger charge is 2.38. The summed E-state index contributed by atoms with van der Waals surface area (Å²) in [7, 11) is 0. The normalized spacial score (nSPS) is 18.3. The Labute approximate surface area is 207 Å². The number of nitrogens with zero attached hydrogens (tertiary/aromatic N) is 2. The molecule has 0 aliphatic carbocycles. The maximum Gasteiger partial charge on any atom is 0.259 e. The maximum absolute atomic E-state index is 13.4. The van der Waals surface area contributed by atoms with Crippen molar-refractivity contribution in [3.05, 3.63) is 101 Å². The highest BCUT2D eigenvalue weighted by atomic mass is 16.2. The summed E-state index contributed by atoms with van der Waals surface area (Å²) in [5.41, 5.74) is 5.12. The highest BCUT2D eigenvalue weighted by molar-refractivity contribution is 6.11. The summed E-state index contributed by atoms with van der Waals surface area (Å²) < 4.78 is 0. The lowest BCUT2D eigenvalue weighted by Crippen LogP contribution is -2.49. The molecule has 3 aromatic carbocycles. The highest BCUT2D eigenvalue weighted by Crippen LogP contribution is 2.33. The van der Waals surface area contributed by atoms with E-state index in [9.17, 15) is 9.59 Å². The fourth-order valence-corrected chi connectivity index (χ4v) is 5.23. The van der Waals surface area contributed by atoms with Crippen molar-refractivity contribution in [2.24, 2.45) is 5.92 Å². The van der Waals surface area contributed by atoms with Crippen molar-refractivity contribution >= 4 is 17.5 Å². The van der Waals surface area contributed by atoms with E-state index in [1.807, 2.05) is 54.6 Å². The summed E-state index contributed by atoms with van der Waals surface area (Å²) >= 11 is 0. The standard InChI is InChI=1S/C30H33N3O2/c1-22-11-13-24(14-12-22)21-32-17-15-23(16-18-32)20-31-29(34)28-19-26-9-5-6-10-27(26)33(28)30(35)25-7-3-2-4-8-25/h2-14,23,28H,15-21H2,1H3,(H,31,34). The number of aryl methyl sites for hydroxylation is 1.